The van der Waals surface area contributed by atoms with Gasteiger partial charge in [-0.3, -0.25) is 4.79 Å². The molecule has 0 atom stereocenters. The lowest BCUT2D eigenvalue weighted by Gasteiger charge is -2.29. The minimum absolute atomic E-state index is 0.0947. The highest BCUT2D eigenvalue weighted by molar-refractivity contribution is 5.76. The van der Waals surface area contributed by atoms with Crippen molar-refractivity contribution in [3.05, 3.63) is 0 Å². The van der Waals surface area contributed by atoms with Crippen LogP contribution < -0.4 is 5.32 Å². The molecule has 1 N–H and O–H groups in total. The van der Waals surface area contributed by atoms with Crippen molar-refractivity contribution in [2.45, 2.75) is 45.6 Å². The highest BCUT2D eigenvalue weighted by atomic mass is 16.1. The average molecular weight is 212 g/mol. The van der Waals surface area contributed by atoms with Crippen LogP contribution in [-0.4, -0.2) is 36.5 Å². The fraction of sp³-hybridized carbons (Fsp3) is 0.917. The van der Waals surface area contributed by atoms with E-state index in [2.05, 4.69) is 17.3 Å². The van der Waals surface area contributed by atoms with Crippen LogP contribution in [0.1, 0.15) is 40.0 Å². The molecule has 0 spiro atoms. The molecule has 0 aromatic heterocycles. The minimum Gasteiger partial charge on any atom is -0.352 e. The second kappa shape index (κ2) is 4.97. The average Bonchev–Trinajstić information content (AvgIpc) is 2.05. The lowest BCUT2D eigenvalue weighted by Crippen LogP contribution is -2.42. The fourth-order valence-corrected chi connectivity index (χ4v) is 2.00. The molecule has 0 bridgehead atoms. The van der Waals surface area contributed by atoms with E-state index in [0.29, 0.717) is 12.3 Å². The van der Waals surface area contributed by atoms with E-state index in [1.165, 1.54) is 0 Å². The maximum Gasteiger partial charge on any atom is 0.220 e. The summed E-state index contributed by atoms with van der Waals surface area (Å²) >= 11 is 0. The van der Waals surface area contributed by atoms with Gasteiger partial charge >= 0.3 is 0 Å². The van der Waals surface area contributed by atoms with Crippen molar-refractivity contribution >= 4 is 5.91 Å². The third kappa shape index (κ3) is 5.17. The normalized spacial score (nSPS) is 20.3. The lowest BCUT2D eigenvalue weighted by atomic mass is 9.93. The van der Waals surface area contributed by atoms with Crippen LogP contribution in [0.4, 0.5) is 0 Å². The smallest absolute Gasteiger partial charge is 0.220 e. The zero-order valence-electron chi connectivity index (χ0n) is 10.5. The molecule has 3 nitrogen and oxygen atoms in total. The van der Waals surface area contributed by atoms with E-state index in [1.54, 1.807) is 0 Å². The van der Waals surface area contributed by atoms with Crippen molar-refractivity contribution in [1.82, 2.24) is 10.2 Å². The zero-order chi connectivity index (χ0) is 11.5. The first-order valence-electron chi connectivity index (χ1n) is 5.86. The molecule has 0 aliphatic carbocycles. The van der Waals surface area contributed by atoms with Gasteiger partial charge in [-0.2, -0.15) is 0 Å². The number of carbonyl (C=O) groups excluding carboxylic acids is 1. The van der Waals surface area contributed by atoms with Gasteiger partial charge in [0, 0.05) is 12.0 Å². The second-order valence-electron chi connectivity index (χ2n) is 5.75. The third-order valence-corrected chi connectivity index (χ3v) is 2.83. The van der Waals surface area contributed by atoms with Gasteiger partial charge in [-0.1, -0.05) is 0 Å². The number of piperidine rings is 1. The maximum absolute atomic E-state index is 11.7. The molecular weight excluding hydrogens is 188 g/mol. The van der Waals surface area contributed by atoms with Crippen LogP contribution in [0.25, 0.3) is 0 Å². The molecule has 0 unspecified atom stereocenters. The van der Waals surface area contributed by atoms with Crippen LogP contribution in [-0.2, 0) is 4.79 Å². The molecule has 1 fully saturated rings. The van der Waals surface area contributed by atoms with Crippen LogP contribution >= 0.6 is 0 Å². The van der Waals surface area contributed by atoms with Gasteiger partial charge in [-0.15, -0.1) is 0 Å². The number of rotatable bonds is 2. The molecule has 0 saturated carbocycles. The van der Waals surface area contributed by atoms with Gasteiger partial charge < -0.3 is 10.2 Å². The van der Waals surface area contributed by atoms with Gasteiger partial charge in [0.25, 0.3) is 0 Å². The quantitative estimate of drug-likeness (QED) is 0.754. The zero-order valence-corrected chi connectivity index (χ0v) is 10.5. The van der Waals surface area contributed by atoms with Crippen molar-refractivity contribution in [3.63, 3.8) is 0 Å². The molecule has 1 saturated heterocycles. The van der Waals surface area contributed by atoms with Crippen LogP contribution in [0, 0.1) is 5.92 Å². The number of nitrogens with one attached hydrogen (secondary N) is 1. The minimum atomic E-state index is -0.0947. The number of amides is 1. The summed E-state index contributed by atoms with van der Waals surface area (Å²) in [5, 5.41) is 3.03. The molecule has 1 aliphatic heterocycles. The predicted molar refractivity (Wildman–Crippen MR) is 62.7 cm³/mol. The number of hydrogen-bond acceptors (Lipinski definition) is 2. The Labute approximate surface area is 93.2 Å². The summed E-state index contributed by atoms with van der Waals surface area (Å²) in [7, 11) is 2.14. The first-order valence-corrected chi connectivity index (χ1v) is 5.86. The molecule has 15 heavy (non-hydrogen) atoms. The van der Waals surface area contributed by atoms with Crippen LogP contribution in [0.3, 0.4) is 0 Å². The van der Waals surface area contributed by atoms with Gasteiger partial charge in [-0.05, 0) is 59.7 Å². The van der Waals surface area contributed by atoms with Gasteiger partial charge in [0.1, 0.15) is 0 Å². The van der Waals surface area contributed by atoms with Gasteiger partial charge in [0.05, 0.1) is 0 Å². The van der Waals surface area contributed by atoms with E-state index in [-0.39, 0.29) is 11.4 Å². The number of hydrogen-bond donors (Lipinski definition) is 1. The van der Waals surface area contributed by atoms with Gasteiger partial charge in [0.2, 0.25) is 5.91 Å². The largest absolute Gasteiger partial charge is 0.352 e. The van der Waals surface area contributed by atoms with E-state index in [1.807, 2.05) is 20.8 Å². The standard InChI is InChI=1S/C12H24N2O/c1-12(2,3)13-11(15)9-10-5-7-14(4)8-6-10/h10H,5-9H2,1-4H3,(H,13,15). The summed E-state index contributed by atoms with van der Waals surface area (Å²) in [4.78, 5) is 14.0. The number of carbonyl (C=O) groups is 1. The first kappa shape index (κ1) is 12.5. The van der Waals surface area contributed by atoms with Crippen molar-refractivity contribution in [1.29, 1.82) is 0 Å². The molecule has 1 amide bonds. The SMILES string of the molecule is CN1CCC(CC(=O)NC(C)(C)C)CC1. The van der Waals surface area contributed by atoms with E-state index >= 15 is 0 Å². The van der Waals surface area contributed by atoms with Crippen LogP contribution in [0.5, 0.6) is 0 Å². The van der Waals surface area contributed by atoms with Gasteiger partial charge in [0.15, 0.2) is 0 Å². The van der Waals surface area contributed by atoms with Crippen LogP contribution in [0.15, 0.2) is 0 Å². The Morgan fingerprint density at radius 3 is 2.33 bits per heavy atom. The molecule has 0 aromatic carbocycles. The number of nitrogens with zero attached hydrogens (tertiary/aromatic N) is 1. The summed E-state index contributed by atoms with van der Waals surface area (Å²) < 4.78 is 0. The van der Waals surface area contributed by atoms with E-state index < -0.39 is 0 Å². The van der Waals surface area contributed by atoms with E-state index in [4.69, 9.17) is 0 Å². The van der Waals surface area contributed by atoms with Gasteiger partial charge in [-0.25, -0.2) is 0 Å². The van der Waals surface area contributed by atoms with Crippen molar-refractivity contribution in [2.24, 2.45) is 5.92 Å². The topological polar surface area (TPSA) is 32.3 Å². The maximum atomic E-state index is 11.7. The molecule has 88 valence electrons. The van der Waals surface area contributed by atoms with Crippen molar-refractivity contribution < 1.29 is 4.79 Å². The Hall–Kier alpha value is -0.570. The Morgan fingerprint density at radius 1 is 1.33 bits per heavy atom. The van der Waals surface area contributed by atoms with Crippen molar-refractivity contribution in [2.75, 3.05) is 20.1 Å². The summed E-state index contributed by atoms with van der Waals surface area (Å²) in [6.07, 6.45) is 3.02. The van der Waals surface area contributed by atoms with E-state index in [0.717, 1.165) is 25.9 Å². The summed E-state index contributed by atoms with van der Waals surface area (Å²) in [5.74, 6) is 0.792. The summed E-state index contributed by atoms with van der Waals surface area (Å²) in [5.41, 5.74) is -0.0947. The third-order valence-electron chi connectivity index (χ3n) is 2.83. The Kier molecular flexibility index (Phi) is 4.14. The Bertz CT molecular complexity index is 212. The Balaban J connectivity index is 2.27. The highest BCUT2D eigenvalue weighted by Crippen LogP contribution is 2.19. The highest BCUT2D eigenvalue weighted by Gasteiger charge is 2.21. The molecule has 0 aromatic rings. The molecule has 3 heteroatoms. The van der Waals surface area contributed by atoms with E-state index in [9.17, 15) is 4.79 Å². The first-order chi connectivity index (χ1) is 6.87. The van der Waals surface area contributed by atoms with Crippen molar-refractivity contribution in [3.8, 4) is 0 Å². The van der Waals surface area contributed by atoms with Crippen LogP contribution in [0.2, 0.25) is 0 Å². The molecule has 1 heterocycles. The number of likely N-dealkylation sites (tertiary alicyclic amines) is 1. The summed E-state index contributed by atoms with van der Waals surface area (Å²) in [6.45, 7) is 8.35. The Morgan fingerprint density at radius 2 is 1.87 bits per heavy atom. The summed E-state index contributed by atoms with van der Waals surface area (Å²) in [6, 6.07) is 0. The monoisotopic (exact) mass is 212 g/mol. The molecular formula is C12H24N2O. The molecule has 0 radical (unpaired) electrons. The predicted octanol–water partition coefficient (Wildman–Crippen LogP) is 1.63. The lowest BCUT2D eigenvalue weighted by molar-refractivity contribution is -0.123. The molecule has 1 rings (SSSR count). The second-order valence-corrected chi connectivity index (χ2v) is 5.75. The fourth-order valence-electron chi connectivity index (χ4n) is 2.00. The molecule has 1 aliphatic rings.